The van der Waals surface area contributed by atoms with E-state index in [0.29, 0.717) is 18.2 Å². The molecule has 6 heteroatoms. The van der Waals surface area contributed by atoms with Crippen molar-refractivity contribution in [1.82, 2.24) is 9.88 Å². The first kappa shape index (κ1) is 11.9. The highest BCUT2D eigenvalue weighted by Crippen LogP contribution is 2.25. The average Bonchev–Trinajstić information content (AvgIpc) is 2.85. The van der Waals surface area contributed by atoms with Crippen LogP contribution in [-0.4, -0.2) is 28.9 Å². The van der Waals surface area contributed by atoms with Crippen LogP contribution in [0.15, 0.2) is 6.20 Å². The molecule has 1 aliphatic heterocycles. The van der Waals surface area contributed by atoms with Gasteiger partial charge >= 0.3 is 0 Å². The number of rotatable bonds is 2. The molecule has 1 aromatic heterocycles. The second-order valence-electron chi connectivity index (χ2n) is 4.35. The minimum atomic E-state index is -0.126. The molecule has 90 valence electrons. The Kier molecular flexibility index (Phi) is 3.29. The lowest BCUT2D eigenvalue weighted by atomic mass is 9.97. The number of hydrogen-bond acceptors (Lipinski definition) is 5. The van der Waals surface area contributed by atoms with Crippen LogP contribution in [0.1, 0.15) is 11.8 Å². The molecule has 2 heterocycles. The molecule has 0 aliphatic carbocycles. The van der Waals surface area contributed by atoms with Gasteiger partial charge < -0.3 is 10.2 Å². The normalized spacial score (nSPS) is 23.5. The highest BCUT2D eigenvalue weighted by atomic mass is 32.1. The second kappa shape index (κ2) is 4.72. The molecule has 0 aromatic carbocycles. The van der Waals surface area contributed by atoms with Gasteiger partial charge in [-0.1, -0.05) is 6.92 Å². The molecular formula is C11H14N4OS. The van der Waals surface area contributed by atoms with Crippen LogP contribution in [-0.2, 0) is 4.79 Å². The van der Waals surface area contributed by atoms with E-state index < -0.39 is 0 Å². The molecule has 0 radical (unpaired) electrons. The van der Waals surface area contributed by atoms with Gasteiger partial charge in [-0.2, -0.15) is 5.26 Å². The van der Waals surface area contributed by atoms with Gasteiger partial charge in [0.2, 0.25) is 5.91 Å². The number of anilines is 1. The van der Waals surface area contributed by atoms with Crippen LogP contribution in [0.2, 0.25) is 0 Å². The van der Waals surface area contributed by atoms with Gasteiger partial charge in [0.25, 0.3) is 0 Å². The molecule has 0 bridgehead atoms. The van der Waals surface area contributed by atoms with E-state index in [0.717, 1.165) is 4.88 Å². The molecule has 0 unspecified atom stereocenters. The monoisotopic (exact) mass is 250 g/mol. The molecule has 2 rings (SSSR count). The van der Waals surface area contributed by atoms with Crippen molar-refractivity contribution in [2.24, 2.45) is 11.8 Å². The largest absolute Gasteiger partial charge is 0.310 e. The maximum atomic E-state index is 12.0. The minimum Gasteiger partial charge on any atom is -0.310 e. The number of nitriles is 1. The van der Waals surface area contributed by atoms with E-state index in [-0.39, 0.29) is 17.7 Å². The molecule has 1 amide bonds. The van der Waals surface area contributed by atoms with Crippen molar-refractivity contribution in [2.45, 2.75) is 13.8 Å². The Balaban J connectivity index is 1.99. The van der Waals surface area contributed by atoms with Crippen molar-refractivity contribution in [3.63, 3.8) is 0 Å². The van der Waals surface area contributed by atoms with Gasteiger partial charge in [0, 0.05) is 24.2 Å². The molecule has 1 aliphatic rings. The lowest BCUT2D eigenvalue weighted by molar-refractivity contribution is -0.120. The van der Waals surface area contributed by atoms with Crippen molar-refractivity contribution < 1.29 is 4.79 Å². The maximum absolute atomic E-state index is 12.0. The van der Waals surface area contributed by atoms with Crippen LogP contribution >= 0.6 is 11.3 Å². The Labute approximate surface area is 104 Å². The van der Waals surface area contributed by atoms with Gasteiger partial charge in [-0.25, -0.2) is 4.98 Å². The van der Waals surface area contributed by atoms with Crippen molar-refractivity contribution >= 4 is 22.4 Å². The average molecular weight is 250 g/mol. The van der Waals surface area contributed by atoms with Gasteiger partial charge in [-0.05, 0) is 12.8 Å². The summed E-state index contributed by atoms with van der Waals surface area (Å²) in [5.74, 6) is 0.0409. The van der Waals surface area contributed by atoms with Crippen molar-refractivity contribution in [3.05, 3.63) is 11.1 Å². The lowest BCUT2D eigenvalue weighted by Gasteiger charge is -2.11. The van der Waals surface area contributed by atoms with Gasteiger partial charge in [-0.15, -0.1) is 11.3 Å². The summed E-state index contributed by atoms with van der Waals surface area (Å²) in [7, 11) is 0. The number of thiazole rings is 1. The van der Waals surface area contributed by atoms with Crippen molar-refractivity contribution in [2.75, 3.05) is 18.4 Å². The fourth-order valence-corrected chi connectivity index (χ4v) is 2.67. The van der Waals surface area contributed by atoms with Crippen molar-refractivity contribution in [1.29, 1.82) is 5.26 Å². The zero-order chi connectivity index (χ0) is 12.4. The number of nitrogens with one attached hydrogen (secondary N) is 1. The smallest absolute Gasteiger partial charge is 0.231 e. The molecule has 1 saturated heterocycles. The highest BCUT2D eigenvalue weighted by molar-refractivity contribution is 7.15. The molecule has 17 heavy (non-hydrogen) atoms. The van der Waals surface area contributed by atoms with E-state index in [1.165, 1.54) is 11.3 Å². The van der Waals surface area contributed by atoms with Crippen LogP contribution in [0.25, 0.3) is 0 Å². The predicted molar refractivity (Wildman–Crippen MR) is 65.3 cm³/mol. The third-order valence-corrected chi connectivity index (χ3v) is 3.77. The van der Waals surface area contributed by atoms with Crippen LogP contribution in [0.5, 0.6) is 0 Å². The third-order valence-electron chi connectivity index (χ3n) is 2.94. The number of likely N-dealkylation sites (tertiary alicyclic amines) is 1. The molecule has 1 fully saturated rings. The number of hydrogen-bond donors (Lipinski definition) is 1. The van der Waals surface area contributed by atoms with E-state index in [1.807, 2.05) is 13.8 Å². The molecule has 1 N–H and O–H groups in total. The first-order valence-corrected chi connectivity index (χ1v) is 6.29. The van der Waals surface area contributed by atoms with Gasteiger partial charge in [-0.3, -0.25) is 4.79 Å². The van der Waals surface area contributed by atoms with Crippen molar-refractivity contribution in [3.8, 4) is 6.19 Å². The van der Waals surface area contributed by atoms with Gasteiger partial charge in [0.05, 0.1) is 5.92 Å². The van der Waals surface area contributed by atoms with E-state index >= 15 is 0 Å². The highest BCUT2D eigenvalue weighted by Gasteiger charge is 2.34. The van der Waals surface area contributed by atoms with E-state index in [9.17, 15) is 4.79 Å². The summed E-state index contributed by atoms with van der Waals surface area (Å²) in [5, 5.41) is 12.3. The van der Waals surface area contributed by atoms with Gasteiger partial charge in [0.15, 0.2) is 11.3 Å². The fourth-order valence-electron chi connectivity index (χ4n) is 2.00. The van der Waals surface area contributed by atoms with Crippen LogP contribution in [0.3, 0.4) is 0 Å². The molecular weight excluding hydrogens is 236 g/mol. The Morgan fingerprint density at radius 3 is 3.00 bits per heavy atom. The maximum Gasteiger partial charge on any atom is 0.231 e. The lowest BCUT2D eigenvalue weighted by Crippen LogP contribution is -2.27. The molecule has 0 saturated carbocycles. The summed E-state index contributed by atoms with van der Waals surface area (Å²) in [6.07, 6.45) is 3.82. The quantitative estimate of drug-likeness (QED) is 0.806. The van der Waals surface area contributed by atoms with Gasteiger partial charge in [0.1, 0.15) is 0 Å². The first-order chi connectivity index (χ1) is 8.10. The topological polar surface area (TPSA) is 69.0 Å². The van der Waals surface area contributed by atoms with E-state index in [1.54, 1.807) is 11.1 Å². The summed E-state index contributed by atoms with van der Waals surface area (Å²) in [6, 6.07) is 0. The summed E-state index contributed by atoms with van der Waals surface area (Å²) in [4.78, 5) is 18.8. The summed E-state index contributed by atoms with van der Waals surface area (Å²) >= 11 is 1.46. The SMILES string of the molecule is Cc1cnc(NC(=O)[C@@H]2CN(C#N)C[C@H]2C)s1. The Morgan fingerprint density at radius 1 is 1.71 bits per heavy atom. The predicted octanol–water partition coefficient (Wildman–Crippen LogP) is 1.44. The number of carbonyl (C=O) groups excluding carboxylic acids is 1. The van der Waals surface area contributed by atoms with E-state index in [2.05, 4.69) is 16.5 Å². The van der Waals surface area contributed by atoms with Crippen LogP contribution < -0.4 is 5.32 Å². The standard InChI is InChI=1S/C11H14N4OS/c1-7-4-15(6-12)5-9(7)10(16)14-11-13-3-8(2)17-11/h3,7,9H,4-5H2,1-2H3,(H,13,14,16)/t7-,9-/m1/s1. The number of amides is 1. The van der Waals surface area contributed by atoms with E-state index in [4.69, 9.17) is 5.26 Å². The molecule has 2 atom stereocenters. The molecule has 1 aromatic rings. The zero-order valence-electron chi connectivity index (χ0n) is 9.80. The minimum absolute atomic E-state index is 0.0374. The van der Waals surface area contributed by atoms with Crippen LogP contribution in [0, 0.1) is 30.2 Å². The summed E-state index contributed by atoms with van der Waals surface area (Å²) in [5.41, 5.74) is 0. The fraction of sp³-hybridized carbons (Fsp3) is 0.545. The summed E-state index contributed by atoms with van der Waals surface area (Å²) < 4.78 is 0. The number of nitrogens with zero attached hydrogens (tertiary/aromatic N) is 3. The first-order valence-electron chi connectivity index (χ1n) is 5.48. The Hall–Kier alpha value is -1.61. The molecule has 5 nitrogen and oxygen atoms in total. The Morgan fingerprint density at radius 2 is 2.47 bits per heavy atom. The van der Waals surface area contributed by atoms with Crippen LogP contribution in [0.4, 0.5) is 5.13 Å². The number of aromatic nitrogens is 1. The molecule has 0 spiro atoms. The third kappa shape index (κ3) is 2.56. The number of aryl methyl sites for hydroxylation is 1. The number of carbonyl (C=O) groups is 1. The zero-order valence-corrected chi connectivity index (χ0v) is 10.6. The second-order valence-corrected chi connectivity index (χ2v) is 5.59. The Bertz CT molecular complexity index is 464. The summed E-state index contributed by atoms with van der Waals surface area (Å²) in [6.45, 7) is 5.11.